The van der Waals surface area contributed by atoms with Crippen LogP contribution in [-0.2, 0) is 20.0 Å². The normalized spacial score (nSPS) is 18.8. The number of hydrogen-bond acceptors (Lipinski definition) is 3. The largest absolute Gasteiger partial charge is 0.389 e. The van der Waals surface area contributed by atoms with Gasteiger partial charge in [-0.3, -0.25) is 4.68 Å². The van der Waals surface area contributed by atoms with E-state index in [0.717, 1.165) is 44.3 Å². The predicted molar refractivity (Wildman–Crippen MR) is 67.7 cm³/mol. The second-order valence-corrected chi connectivity index (χ2v) is 5.16. The van der Waals surface area contributed by atoms with E-state index in [0.29, 0.717) is 6.54 Å². The number of aliphatic hydroxyl groups is 1. The number of nitrogens with zero attached hydrogens (tertiary/aromatic N) is 2. The van der Waals surface area contributed by atoms with Crippen LogP contribution in [0.15, 0.2) is 6.20 Å². The number of hydrogen-bond donors (Lipinski definition) is 2. The lowest BCUT2D eigenvalue weighted by molar-refractivity contribution is 0.0474. The molecule has 17 heavy (non-hydrogen) atoms. The van der Waals surface area contributed by atoms with Gasteiger partial charge in [0.1, 0.15) is 0 Å². The van der Waals surface area contributed by atoms with Crippen LogP contribution >= 0.6 is 0 Å². The van der Waals surface area contributed by atoms with E-state index >= 15 is 0 Å². The molecule has 1 aliphatic rings. The quantitative estimate of drug-likeness (QED) is 0.813. The fraction of sp³-hybridized carbons (Fsp3) is 0.769. The molecule has 2 rings (SSSR count). The highest BCUT2D eigenvalue weighted by molar-refractivity contribution is 5.16. The van der Waals surface area contributed by atoms with Crippen LogP contribution in [0.2, 0.25) is 0 Å². The van der Waals surface area contributed by atoms with Crippen molar-refractivity contribution >= 4 is 0 Å². The van der Waals surface area contributed by atoms with Crippen molar-refractivity contribution in [2.24, 2.45) is 7.05 Å². The van der Waals surface area contributed by atoms with Gasteiger partial charge >= 0.3 is 0 Å². The summed E-state index contributed by atoms with van der Waals surface area (Å²) in [5, 5.41) is 18.0. The van der Waals surface area contributed by atoms with Gasteiger partial charge in [0.25, 0.3) is 0 Å². The van der Waals surface area contributed by atoms with Gasteiger partial charge in [-0.05, 0) is 19.3 Å². The molecule has 96 valence electrons. The summed E-state index contributed by atoms with van der Waals surface area (Å²) in [4.78, 5) is 0. The second kappa shape index (κ2) is 5.19. The number of rotatable bonds is 5. The highest BCUT2D eigenvalue weighted by Crippen LogP contribution is 2.28. The molecule has 1 fully saturated rings. The molecule has 1 heterocycles. The van der Waals surface area contributed by atoms with Crippen molar-refractivity contribution in [1.29, 1.82) is 0 Å². The van der Waals surface area contributed by atoms with Crippen molar-refractivity contribution in [2.45, 2.75) is 51.2 Å². The predicted octanol–water partition coefficient (Wildman–Crippen LogP) is 1.38. The highest BCUT2D eigenvalue weighted by Gasteiger charge is 2.30. The molecule has 4 nitrogen and oxygen atoms in total. The van der Waals surface area contributed by atoms with Crippen LogP contribution in [0, 0.1) is 0 Å². The third kappa shape index (κ3) is 3.07. The highest BCUT2D eigenvalue weighted by atomic mass is 16.3. The van der Waals surface area contributed by atoms with Crippen molar-refractivity contribution in [1.82, 2.24) is 15.1 Å². The maximum Gasteiger partial charge on any atom is 0.0771 e. The summed E-state index contributed by atoms with van der Waals surface area (Å²) in [7, 11) is 1.95. The molecule has 0 saturated heterocycles. The molecule has 0 aromatic carbocycles. The van der Waals surface area contributed by atoms with E-state index in [9.17, 15) is 5.11 Å². The summed E-state index contributed by atoms with van der Waals surface area (Å²) in [5.74, 6) is 0. The molecule has 1 saturated carbocycles. The Labute approximate surface area is 103 Å². The third-order valence-electron chi connectivity index (χ3n) is 3.63. The number of nitrogens with one attached hydrogen (secondary N) is 1. The van der Waals surface area contributed by atoms with Gasteiger partial charge in [0.05, 0.1) is 11.3 Å². The molecule has 0 bridgehead atoms. The van der Waals surface area contributed by atoms with Gasteiger partial charge in [0, 0.05) is 31.9 Å². The second-order valence-electron chi connectivity index (χ2n) is 5.16. The van der Waals surface area contributed by atoms with E-state index in [1.165, 1.54) is 5.56 Å². The van der Waals surface area contributed by atoms with Gasteiger partial charge in [-0.1, -0.05) is 19.8 Å². The Morgan fingerprint density at radius 2 is 2.18 bits per heavy atom. The van der Waals surface area contributed by atoms with Gasteiger partial charge in [-0.15, -0.1) is 0 Å². The van der Waals surface area contributed by atoms with Crippen molar-refractivity contribution in [3.05, 3.63) is 17.5 Å². The van der Waals surface area contributed by atoms with Crippen LogP contribution in [0.1, 0.15) is 43.9 Å². The molecule has 1 aliphatic carbocycles. The Kier molecular flexibility index (Phi) is 3.84. The van der Waals surface area contributed by atoms with Crippen LogP contribution in [0.25, 0.3) is 0 Å². The first-order valence-corrected chi connectivity index (χ1v) is 6.57. The monoisotopic (exact) mass is 237 g/mol. The molecule has 0 radical (unpaired) electrons. The summed E-state index contributed by atoms with van der Waals surface area (Å²) in [6.45, 7) is 3.63. The molecule has 0 atom stereocenters. The zero-order valence-electron chi connectivity index (χ0n) is 10.9. The summed E-state index contributed by atoms with van der Waals surface area (Å²) >= 11 is 0. The maximum atomic E-state index is 10.2. The molecule has 0 amide bonds. The van der Waals surface area contributed by atoms with Crippen LogP contribution in [0.5, 0.6) is 0 Å². The minimum Gasteiger partial charge on any atom is -0.389 e. The molecule has 4 heteroatoms. The van der Waals surface area contributed by atoms with E-state index in [2.05, 4.69) is 23.5 Å². The lowest BCUT2D eigenvalue weighted by Gasteiger charge is -2.22. The first-order chi connectivity index (χ1) is 8.13. The first kappa shape index (κ1) is 12.6. The van der Waals surface area contributed by atoms with E-state index < -0.39 is 5.60 Å². The van der Waals surface area contributed by atoms with Gasteiger partial charge < -0.3 is 10.4 Å². The minimum atomic E-state index is -0.464. The molecule has 1 aromatic heterocycles. The van der Waals surface area contributed by atoms with Crippen LogP contribution in [0.4, 0.5) is 0 Å². The van der Waals surface area contributed by atoms with Crippen molar-refractivity contribution in [3.8, 4) is 0 Å². The zero-order valence-corrected chi connectivity index (χ0v) is 10.9. The SMILES string of the molecule is CCc1nn(C)cc1CNCC1(O)CCCC1. The Hall–Kier alpha value is -0.870. The van der Waals surface area contributed by atoms with E-state index in [4.69, 9.17) is 0 Å². The fourth-order valence-corrected chi connectivity index (χ4v) is 2.67. The molecule has 2 N–H and O–H groups in total. The third-order valence-corrected chi connectivity index (χ3v) is 3.63. The Balaban J connectivity index is 1.85. The van der Waals surface area contributed by atoms with E-state index in [1.807, 2.05) is 11.7 Å². The van der Waals surface area contributed by atoms with Crippen LogP contribution < -0.4 is 5.32 Å². The van der Waals surface area contributed by atoms with Crippen molar-refractivity contribution < 1.29 is 5.11 Å². The molecule has 0 spiro atoms. The lowest BCUT2D eigenvalue weighted by atomic mass is 10.0. The Morgan fingerprint density at radius 1 is 1.47 bits per heavy atom. The van der Waals surface area contributed by atoms with Gasteiger partial charge in [0.15, 0.2) is 0 Å². The summed E-state index contributed by atoms with van der Waals surface area (Å²) in [6, 6.07) is 0. The molecular formula is C13H23N3O. The average Bonchev–Trinajstić information content (AvgIpc) is 2.86. The zero-order chi connectivity index (χ0) is 12.3. The molecule has 0 aliphatic heterocycles. The minimum absolute atomic E-state index is 0.464. The number of aryl methyl sites for hydroxylation is 2. The summed E-state index contributed by atoms with van der Waals surface area (Å²) in [6.07, 6.45) is 7.21. The number of aromatic nitrogens is 2. The van der Waals surface area contributed by atoms with Crippen molar-refractivity contribution in [3.63, 3.8) is 0 Å². The van der Waals surface area contributed by atoms with E-state index in [1.54, 1.807) is 0 Å². The van der Waals surface area contributed by atoms with Crippen LogP contribution in [-0.4, -0.2) is 27.0 Å². The van der Waals surface area contributed by atoms with E-state index in [-0.39, 0.29) is 0 Å². The molecule has 1 aromatic rings. The first-order valence-electron chi connectivity index (χ1n) is 6.57. The smallest absolute Gasteiger partial charge is 0.0771 e. The average molecular weight is 237 g/mol. The fourth-order valence-electron chi connectivity index (χ4n) is 2.67. The molecular weight excluding hydrogens is 214 g/mol. The Bertz CT molecular complexity index is 367. The molecule has 0 unspecified atom stereocenters. The van der Waals surface area contributed by atoms with Crippen LogP contribution in [0.3, 0.4) is 0 Å². The lowest BCUT2D eigenvalue weighted by Crippen LogP contribution is -2.37. The summed E-state index contributed by atoms with van der Waals surface area (Å²) < 4.78 is 1.86. The van der Waals surface area contributed by atoms with Crippen molar-refractivity contribution in [2.75, 3.05) is 6.54 Å². The standard InChI is InChI=1S/C13H23N3O/c1-3-12-11(9-16(2)15-12)8-14-10-13(17)6-4-5-7-13/h9,14,17H,3-8,10H2,1-2H3. The van der Waals surface area contributed by atoms with Gasteiger partial charge in [-0.2, -0.15) is 5.10 Å². The summed E-state index contributed by atoms with van der Waals surface area (Å²) in [5.41, 5.74) is 1.93. The Morgan fingerprint density at radius 3 is 2.82 bits per heavy atom. The maximum absolute atomic E-state index is 10.2. The topological polar surface area (TPSA) is 50.1 Å². The van der Waals surface area contributed by atoms with Gasteiger partial charge in [0.2, 0.25) is 0 Å². The van der Waals surface area contributed by atoms with Gasteiger partial charge in [-0.25, -0.2) is 0 Å².